The molecular formula is C17H23N5O2. The number of carbonyl (C=O) groups excluding carboxylic acids is 1. The first-order chi connectivity index (χ1) is 11.6. The van der Waals surface area contributed by atoms with Crippen LogP contribution in [0.5, 0.6) is 0 Å². The van der Waals surface area contributed by atoms with Crippen molar-refractivity contribution in [3.8, 4) is 0 Å². The highest BCUT2D eigenvalue weighted by Gasteiger charge is 2.17. The van der Waals surface area contributed by atoms with Crippen LogP contribution in [0.3, 0.4) is 0 Å². The summed E-state index contributed by atoms with van der Waals surface area (Å²) in [5.41, 5.74) is 1.41. The highest BCUT2D eigenvalue weighted by atomic mass is 16.5. The Morgan fingerprint density at radius 1 is 1.29 bits per heavy atom. The molecule has 2 aromatic rings. The molecule has 7 nitrogen and oxygen atoms in total. The number of anilines is 1. The summed E-state index contributed by atoms with van der Waals surface area (Å²) in [7, 11) is 1.61. The number of pyridine rings is 1. The van der Waals surface area contributed by atoms with Gasteiger partial charge in [0, 0.05) is 51.0 Å². The van der Waals surface area contributed by atoms with Crippen LogP contribution in [0.25, 0.3) is 0 Å². The van der Waals surface area contributed by atoms with Gasteiger partial charge in [0.25, 0.3) is 5.91 Å². The Kier molecular flexibility index (Phi) is 6.62. The number of carbonyl (C=O) groups is 1. The Morgan fingerprint density at radius 2 is 2.04 bits per heavy atom. The van der Waals surface area contributed by atoms with Gasteiger partial charge >= 0.3 is 0 Å². The van der Waals surface area contributed by atoms with Crippen molar-refractivity contribution < 1.29 is 9.53 Å². The minimum absolute atomic E-state index is 0.132. The van der Waals surface area contributed by atoms with Crippen LogP contribution in [-0.4, -0.2) is 52.1 Å². The summed E-state index contributed by atoms with van der Waals surface area (Å²) in [6, 6.07) is 4.02. The Hall–Kier alpha value is -2.54. The molecule has 0 aliphatic heterocycles. The monoisotopic (exact) mass is 329 g/mol. The summed E-state index contributed by atoms with van der Waals surface area (Å²) in [6.45, 7) is 5.41. The quantitative estimate of drug-likeness (QED) is 0.798. The summed E-state index contributed by atoms with van der Waals surface area (Å²) in [6.07, 6.45) is 6.55. The van der Waals surface area contributed by atoms with E-state index in [0.29, 0.717) is 31.2 Å². The van der Waals surface area contributed by atoms with Crippen LogP contribution in [0.4, 0.5) is 5.95 Å². The first-order valence-electron chi connectivity index (χ1n) is 7.86. The Morgan fingerprint density at radius 3 is 2.62 bits per heavy atom. The lowest BCUT2D eigenvalue weighted by Gasteiger charge is -2.22. The summed E-state index contributed by atoms with van der Waals surface area (Å²) in [4.78, 5) is 26.9. The third kappa shape index (κ3) is 5.27. The number of nitrogens with one attached hydrogen (secondary N) is 1. The molecular weight excluding hydrogens is 306 g/mol. The largest absolute Gasteiger partial charge is 0.383 e. The van der Waals surface area contributed by atoms with Crippen molar-refractivity contribution in [1.82, 2.24) is 19.9 Å². The second kappa shape index (κ2) is 8.93. The summed E-state index contributed by atoms with van der Waals surface area (Å²) < 4.78 is 5.11. The first kappa shape index (κ1) is 17.8. The molecule has 7 heteroatoms. The predicted molar refractivity (Wildman–Crippen MR) is 91.6 cm³/mol. The zero-order valence-corrected chi connectivity index (χ0v) is 14.3. The van der Waals surface area contributed by atoms with Crippen LogP contribution in [0.2, 0.25) is 0 Å². The molecule has 0 radical (unpaired) electrons. The summed E-state index contributed by atoms with van der Waals surface area (Å²) in [5, 5.41) is 3.10. The molecule has 0 aliphatic rings. The van der Waals surface area contributed by atoms with Crippen molar-refractivity contribution in [3.63, 3.8) is 0 Å². The standard InChI is InChI=1S/C17H23N5O2/c1-13(2)21-17-19-10-15(11-20-17)16(23)22(7-8-24-3)12-14-5-4-6-18-9-14/h4-6,9-11,13H,7-8,12H2,1-3H3,(H,19,20,21). The van der Waals surface area contributed by atoms with E-state index in [1.807, 2.05) is 26.0 Å². The topological polar surface area (TPSA) is 80.2 Å². The molecule has 0 unspecified atom stereocenters. The fraction of sp³-hybridized carbons (Fsp3) is 0.412. The van der Waals surface area contributed by atoms with Crippen molar-refractivity contribution >= 4 is 11.9 Å². The van der Waals surface area contributed by atoms with Crippen LogP contribution in [0.1, 0.15) is 29.8 Å². The highest BCUT2D eigenvalue weighted by Crippen LogP contribution is 2.10. The SMILES string of the molecule is COCCN(Cc1cccnc1)C(=O)c1cnc(NC(C)C)nc1. The molecule has 0 aromatic carbocycles. The maximum Gasteiger partial charge on any atom is 0.257 e. The molecule has 24 heavy (non-hydrogen) atoms. The third-order valence-electron chi connectivity index (χ3n) is 3.27. The zero-order chi connectivity index (χ0) is 17.4. The lowest BCUT2D eigenvalue weighted by Crippen LogP contribution is -2.33. The van der Waals surface area contributed by atoms with E-state index in [0.717, 1.165) is 5.56 Å². The fourth-order valence-corrected chi connectivity index (χ4v) is 2.12. The normalized spacial score (nSPS) is 10.7. The third-order valence-corrected chi connectivity index (χ3v) is 3.27. The first-order valence-corrected chi connectivity index (χ1v) is 7.86. The van der Waals surface area contributed by atoms with Crippen molar-refractivity contribution in [2.45, 2.75) is 26.4 Å². The van der Waals surface area contributed by atoms with Gasteiger partial charge in [0.15, 0.2) is 0 Å². The molecule has 0 atom stereocenters. The smallest absolute Gasteiger partial charge is 0.257 e. The average Bonchev–Trinajstić information content (AvgIpc) is 2.59. The van der Waals surface area contributed by atoms with Crippen molar-refractivity contribution in [2.24, 2.45) is 0 Å². The number of aromatic nitrogens is 3. The van der Waals surface area contributed by atoms with E-state index in [4.69, 9.17) is 4.74 Å². The number of hydrogen-bond donors (Lipinski definition) is 1. The molecule has 0 bridgehead atoms. The van der Waals surface area contributed by atoms with Crippen molar-refractivity contribution in [2.75, 3.05) is 25.6 Å². The van der Waals surface area contributed by atoms with Gasteiger partial charge < -0.3 is 15.0 Å². The van der Waals surface area contributed by atoms with E-state index < -0.39 is 0 Å². The van der Waals surface area contributed by atoms with Gasteiger partial charge in [-0.1, -0.05) is 6.07 Å². The van der Waals surface area contributed by atoms with Gasteiger partial charge in [0.05, 0.1) is 12.2 Å². The second-order valence-corrected chi connectivity index (χ2v) is 5.68. The molecule has 1 amide bonds. The molecule has 2 heterocycles. The number of amides is 1. The number of ether oxygens (including phenoxy) is 1. The number of rotatable bonds is 8. The summed E-state index contributed by atoms with van der Waals surface area (Å²) in [5.74, 6) is 0.379. The lowest BCUT2D eigenvalue weighted by atomic mass is 10.2. The molecule has 2 aromatic heterocycles. The van der Waals surface area contributed by atoms with Crippen molar-refractivity contribution in [1.29, 1.82) is 0 Å². The van der Waals surface area contributed by atoms with Crippen LogP contribution < -0.4 is 5.32 Å². The molecule has 2 rings (SSSR count). The maximum atomic E-state index is 12.7. The second-order valence-electron chi connectivity index (χ2n) is 5.68. The van der Waals surface area contributed by atoms with Gasteiger partial charge in [-0.05, 0) is 25.5 Å². The van der Waals surface area contributed by atoms with Gasteiger partial charge in [0.1, 0.15) is 0 Å². The predicted octanol–water partition coefficient (Wildman–Crippen LogP) is 1.98. The van der Waals surface area contributed by atoms with Gasteiger partial charge in [-0.25, -0.2) is 9.97 Å². The maximum absolute atomic E-state index is 12.7. The molecule has 0 saturated heterocycles. The van der Waals surface area contributed by atoms with Gasteiger partial charge in [-0.15, -0.1) is 0 Å². The minimum Gasteiger partial charge on any atom is -0.383 e. The molecule has 1 N–H and O–H groups in total. The van der Waals surface area contributed by atoms with Crippen LogP contribution in [0, 0.1) is 0 Å². The van der Waals surface area contributed by atoms with E-state index in [1.165, 1.54) is 0 Å². The van der Waals surface area contributed by atoms with Crippen LogP contribution in [0.15, 0.2) is 36.9 Å². The summed E-state index contributed by atoms with van der Waals surface area (Å²) >= 11 is 0. The molecule has 0 fully saturated rings. The van der Waals surface area contributed by atoms with Gasteiger partial charge in [0.2, 0.25) is 5.95 Å². The highest BCUT2D eigenvalue weighted by molar-refractivity contribution is 5.93. The van der Waals surface area contributed by atoms with Crippen LogP contribution >= 0.6 is 0 Å². The minimum atomic E-state index is -0.132. The Bertz CT molecular complexity index is 631. The molecule has 0 aliphatic carbocycles. The van der Waals surface area contributed by atoms with E-state index in [-0.39, 0.29) is 11.9 Å². The Balaban J connectivity index is 2.11. The van der Waals surface area contributed by atoms with Crippen molar-refractivity contribution in [3.05, 3.63) is 48.0 Å². The van der Waals surface area contributed by atoms with E-state index in [1.54, 1.807) is 36.8 Å². The van der Waals surface area contributed by atoms with Crippen LogP contribution in [-0.2, 0) is 11.3 Å². The molecule has 0 spiro atoms. The van der Waals surface area contributed by atoms with E-state index in [2.05, 4.69) is 20.3 Å². The Labute approximate surface area is 142 Å². The van der Waals surface area contributed by atoms with E-state index in [9.17, 15) is 4.79 Å². The fourth-order valence-electron chi connectivity index (χ4n) is 2.12. The number of methoxy groups -OCH3 is 1. The lowest BCUT2D eigenvalue weighted by molar-refractivity contribution is 0.0679. The van der Waals surface area contributed by atoms with Gasteiger partial charge in [-0.2, -0.15) is 0 Å². The number of hydrogen-bond acceptors (Lipinski definition) is 6. The average molecular weight is 329 g/mol. The number of nitrogens with zero attached hydrogens (tertiary/aromatic N) is 4. The van der Waals surface area contributed by atoms with E-state index >= 15 is 0 Å². The zero-order valence-electron chi connectivity index (χ0n) is 14.3. The van der Waals surface area contributed by atoms with Gasteiger partial charge in [-0.3, -0.25) is 9.78 Å². The molecule has 0 saturated carbocycles. The molecule has 128 valence electrons.